The van der Waals surface area contributed by atoms with Crippen LogP contribution < -0.4 is 5.32 Å². The molecule has 64 heavy (non-hydrogen) atoms. The summed E-state index contributed by atoms with van der Waals surface area (Å²) in [5, 5.41) is 12.5. The fourth-order valence-electron chi connectivity index (χ4n) is 8.62. The highest BCUT2D eigenvalue weighted by molar-refractivity contribution is 5.88. The minimum absolute atomic E-state index is 0.0289. The van der Waals surface area contributed by atoms with Crippen LogP contribution in [0.15, 0.2) is 115 Å². The Morgan fingerprint density at radius 1 is 0.750 bits per heavy atom. The summed E-state index contributed by atoms with van der Waals surface area (Å²) in [6.45, 7) is 0.710. The van der Waals surface area contributed by atoms with Crippen LogP contribution in [0.5, 0.6) is 0 Å². The Morgan fingerprint density at radius 3 is 1.84 bits per heavy atom. The van der Waals surface area contributed by atoms with E-state index in [0.29, 0.717) is 42.8 Å². The fraction of sp³-hybridized carbons (Fsp3) is 0.277. The second-order valence-electron chi connectivity index (χ2n) is 15.7. The molecule has 4 N–H and O–H groups in total. The highest BCUT2D eigenvalue weighted by atomic mass is 19.4. The molecule has 0 bridgehead atoms. The predicted octanol–water partition coefficient (Wildman–Crippen LogP) is 8.93. The summed E-state index contributed by atoms with van der Waals surface area (Å²) in [4.78, 5) is 71.2. The molecule has 2 aliphatic heterocycles. The number of amides is 4. The molecule has 2 aromatic heterocycles. The predicted molar refractivity (Wildman–Crippen MR) is 229 cm³/mol. The number of nitrogens with zero attached hydrogens (tertiary/aromatic N) is 5. The van der Waals surface area contributed by atoms with E-state index >= 15 is 0 Å². The average molecular weight is 875 g/mol. The first-order valence-corrected chi connectivity index (χ1v) is 20.8. The average Bonchev–Trinajstić information content (AvgIpc) is 4.15. The van der Waals surface area contributed by atoms with E-state index in [1.807, 2.05) is 30.3 Å². The van der Waals surface area contributed by atoms with Gasteiger partial charge in [-0.05, 0) is 53.5 Å². The van der Waals surface area contributed by atoms with Crippen LogP contribution in [-0.2, 0) is 20.5 Å². The number of aromatic nitrogens is 4. The van der Waals surface area contributed by atoms with Gasteiger partial charge in [-0.2, -0.15) is 13.2 Å². The summed E-state index contributed by atoms with van der Waals surface area (Å²) in [7, 11) is 2.53. The maximum Gasteiger partial charge on any atom is 0.433 e. The number of halogens is 3. The normalized spacial score (nSPS) is 17.2. The summed E-state index contributed by atoms with van der Waals surface area (Å²) in [5.74, 6) is -0.245. The van der Waals surface area contributed by atoms with Crippen molar-refractivity contribution < 1.29 is 42.2 Å². The maximum absolute atomic E-state index is 14.6. The number of aromatic amines is 2. The number of H-pyrrole nitrogens is 2. The molecule has 0 spiro atoms. The molecule has 0 aliphatic carbocycles. The van der Waals surface area contributed by atoms with Crippen LogP contribution in [0, 0.1) is 0 Å². The smallest absolute Gasteiger partial charge is 0.433 e. The Morgan fingerprint density at radius 2 is 1.28 bits per heavy atom. The van der Waals surface area contributed by atoms with Crippen molar-refractivity contribution in [2.75, 3.05) is 27.2 Å². The quantitative estimate of drug-likeness (QED) is 0.0998. The number of likely N-dealkylation sites (N-methyl/N-ethyl adjacent to an activating group) is 1. The first-order chi connectivity index (χ1) is 30.8. The van der Waals surface area contributed by atoms with Gasteiger partial charge in [0.25, 0.3) is 11.8 Å². The van der Waals surface area contributed by atoms with Crippen molar-refractivity contribution in [2.45, 2.75) is 56.0 Å². The van der Waals surface area contributed by atoms with Crippen LogP contribution in [0.4, 0.5) is 22.8 Å². The number of methoxy groups -OCH3 is 1. The first-order valence-electron chi connectivity index (χ1n) is 20.8. The maximum atomic E-state index is 14.6. The standard InChI is InChI=1S/C47H45F3N8O6/c1-56(46(62)63)39(33-13-7-4-8-14-33)44(60)58-26-10-16-36(58)42-53-37(40(55-42)47(48,49)50)32-23-19-29(20-24-32)28-17-21-30(22-18-28)34-27-51-41(52-34)35-15-9-25-57(35)43(59)38(54-45(61)64-2)31-11-5-3-6-12-31/h3-8,11-14,17-24,27,35-36,38-39H,9-10,15-16,25-26H2,1-2H3,(H,51,52)(H,53,55)(H,54,61)(H,62,63)/t35-,36-,38+,39+/m0/s1. The molecule has 14 nitrogen and oxygen atoms in total. The molecule has 2 fully saturated rings. The molecular formula is C47H45F3N8O6. The molecule has 4 atom stereocenters. The van der Waals surface area contributed by atoms with E-state index in [2.05, 4.69) is 25.3 Å². The Balaban J connectivity index is 0.987. The van der Waals surface area contributed by atoms with Gasteiger partial charge in [-0.15, -0.1) is 0 Å². The number of likely N-dealkylation sites (tertiary alicyclic amines) is 2. The van der Waals surface area contributed by atoms with E-state index in [1.165, 1.54) is 19.1 Å². The number of nitrogens with one attached hydrogen (secondary N) is 3. The lowest BCUT2D eigenvalue weighted by atomic mass is 10.0. The lowest BCUT2D eigenvalue weighted by molar-refractivity contribution is -0.140. The van der Waals surface area contributed by atoms with Gasteiger partial charge in [-0.1, -0.05) is 109 Å². The van der Waals surface area contributed by atoms with Crippen molar-refractivity contribution in [3.05, 3.63) is 144 Å². The zero-order valence-corrected chi connectivity index (χ0v) is 34.9. The number of ether oxygens (including phenoxy) is 1. The summed E-state index contributed by atoms with van der Waals surface area (Å²) in [6, 6.07) is 28.2. The van der Waals surface area contributed by atoms with E-state index in [4.69, 9.17) is 4.74 Å². The van der Waals surface area contributed by atoms with Crippen LogP contribution in [0.2, 0.25) is 0 Å². The number of carbonyl (C=O) groups excluding carboxylic acids is 3. The third kappa shape index (κ3) is 8.78. The number of alkyl halides is 3. The molecular weight excluding hydrogens is 830 g/mol. The minimum Gasteiger partial charge on any atom is -0.465 e. The Hall–Kier alpha value is -7.43. The molecule has 0 saturated carbocycles. The lowest BCUT2D eigenvalue weighted by Crippen LogP contribution is -2.43. The molecule has 4 amide bonds. The number of hydrogen-bond acceptors (Lipinski definition) is 7. The minimum atomic E-state index is -4.79. The van der Waals surface area contributed by atoms with Gasteiger partial charge in [0, 0.05) is 25.7 Å². The Labute approximate surface area is 366 Å². The van der Waals surface area contributed by atoms with E-state index in [1.54, 1.807) is 90.0 Å². The number of carbonyl (C=O) groups is 4. The zero-order chi connectivity index (χ0) is 45.1. The molecule has 17 heteroatoms. The van der Waals surface area contributed by atoms with Crippen LogP contribution in [-0.4, -0.2) is 91.0 Å². The van der Waals surface area contributed by atoms with Gasteiger partial charge < -0.3 is 34.9 Å². The molecule has 2 saturated heterocycles. The Bertz CT molecular complexity index is 2620. The van der Waals surface area contributed by atoms with E-state index in [0.717, 1.165) is 33.7 Å². The summed E-state index contributed by atoms with van der Waals surface area (Å²) < 4.78 is 48.6. The summed E-state index contributed by atoms with van der Waals surface area (Å²) in [5.41, 5.74) is 3.06. The van der Waals surface area contributed by atoms with Gasteiger partial charge in [0.15, 0.2) is 0 Å². The lowest BCUT2D eigenvalue weighted by Gasteiger charge is -2.32. The van der Waals surface area contributed by atoms with Crippen LogP contribution in [0.3, 0.4) is 0 Å². The molecule has 2 aliphatic rings. The first kappa shape index (κ1) is 43.2. The monoisotopic (exact) mass is 874 g/mol. The number of alkyl carbamates (subject to hydrolysis) is 1. The number of benzene rings is 4. The fourth-order valence-corrected chi connectivity index (χ4v) is 8.62. The highest BCUT2D eigenvalue weighted by Crippen LogP contribution is 2.41. The summed E-state index contributed by atoms with van der Waals surface area (Å²) >= 11 is 0. The van der Waals surface area contributed by atoms with E-state index in [9.17, 15) is 37.5 Å². The van der Waals surface area contributed by atoms with Gasteiger partial charge in [0.1, 0.15) is 35.1 Å². The van der Waals surface area contributed by atoms with E-state index in [-0.39, 0.29) is 35.6 Å². The van der Waals surface area contributed by atoms with Gasteiger partial charge in [-0.3, -0.25) is 14.5 Å². The molecule has 4 aromatic carbocycles. The van der Waals surface area contributed by atoms with Gasteiger partial charge in [0.05, 0.1) is 31.1 Å². The molecule has 0 radical (unpaired) electrons. The van der Waals surface area contributed by atoms with Crippen molar-refractivity contribution in [1.29, 1.82) is 0 Å². The zero-order valence-electron chi connectivity index (χ0n) is 34.9. The SMILES string of the molecule is COC(=O)N[C@@H](C(=O)N1CCC[C@H]1c1ncc(-c2ccc(-c3ccc(-c4nc([C@@H]5CCCN5C(=O)[C@@H](c5ccccc5)N(C)C(=O)O)[nH]c4C(F)(F)F)cc3)cc2)[nH]1)c1ccccc1. The van der Waals surface area contributed by atoms with Gasteiger partial charge in [0.2, 0.25) is 0 Å². The number of rotatable bonds is 11. The number of hydrogen-bond donors (Lipinski definition) is 4. The van der Waals surface area contributed by atoms with E-state index < -0.39 is 48.1 Å². The number of imidazole rings is 2. The third-order valence-corrected chi connectivity index (χ3v) is 11.9. The topological polar surface area (TPSA) is 177 Å². The van der Waals surface area contributed by atoms with Crippen molar-refractivity contribution in [2.24, 2.45) is 0 Å². The van der Waals surface area contributed by atoms with Crippen LogP contribution >= 0.6 is 0 Å². The second kappa shape index (κ2) is 18.1. The van der Waals surface area contributed by atoms with Gasteiger partial charge >= 0.3 is 18.4 Å². The summed E-state index contributed by atoms with van der Waals surface area (Å²) in [6.07, 6.45) is -2.86. The van der Waals surface area contributed by atoms with Crippen molar-refractivity contribution in [3.8, 4) is 33.6 Å². The highest BCUT2D eigenvalue weighted by Gasteiger charge is 2.43. The molecule has 4 heterocycles. The van der Waals surface area contributed by atoms with Crippen LogP contribution in [0.1, 0.15) is 78.3 Å². The van der Waals surface area contributed by atoms with Crippen molar-refractivity contribution >= 4 is 24.0 Å². The molecule has 0 unspecified atom stereocenters. The van der Waals surface area contributed by atoms with Crippen molar-refractivity contribution in [3.63, 3.8) is 0 Å². The van der Waals surface area contributed by atoms with Gasteiger partial charge in [-0.25, -0.2) is 19.6 Å². The van der Waals surface area contributed by atoms with Crippen LogP contribution in [0.25, 0.3) is 33.6 Å². The Kier molecular flexibility index (Phi) is 12.2. The molecule has 8 rings (SSSR count). The third-order valence-electron chi connectivity index (χ3n) is 11.9. The largest absolute Gasteiger partial charge is 0.465 e. The van der Waals surface area contributed by atoms with Crippen molar-refractivity contribution in [1.82, 2.24) is 40.0 Å². The number of carboxylic acid groups (broad SMARTS) is 1. The molecule has 330 valence electrons. The second-order valence-corrected chi connectivity index (χ2v) is 15.7. The molecule has 6 aromatic rings.